The Bertz CT molecular complexity index is 367. The van der Waals surface area contributed by atoms with Crippen molar-refractivity contribution in [1.29, 1.82) is 0 Å². The first-order valence-electron chi connectivity index (χ1n) is 6.43. The van der Waals surface area contributed by atoms with Crippen LogP contribution < -0.4 is 0 Å². The first-order valence-corrected chi connectivity index (χ1v) is 6.43. The molecule has 0 atom stereocenters. The summed E-state index contributed by atoms with van der Waals surface area (Å²) < 4.78 is 0. The monoisotopic (exact) mass is 212 g/mol. The number of hydrogen-bond acceptors (Lipinski definition) is 0. The minimum absolute atomic E-state index is 0.797. The Morgan fingerprint density at radius 3 is 2.12 bits per heavy atom. The van der Waals surface area contributed by atoms with Gasteiger partial charge in [0.1, 0.15) is 0 Å². The Balaban J connectivity index is 2.09. The summed E-state index contributed by atoms with van der Waals surface area (Å²) in [5, 5.41) is 0. The molecule has 0 N–H and O–H groups in total. The summed E-state index contributed by atoms with van der Waals surface area (Å²) in [6.45, 7) is 1.89. The van der Waals surface area contributed by atoms with E-state index in [1.807, 2.05) is 6.92 Å². The summed E-state index contributed by atoms with van der Waals surface area (Å²) in [6, 6.07) is 8.87. The maximum Gasteiger partial charge on any atom is 0.0245 e. The maximum absolute atomic E-state index is 3.10. The standard InChI is InChI=1S/C16H20/c1-2-7-14-10-12-16(13-11-14)15-8-5-3-4-6-9-15/h10-13,15H,3-6,8-9H2,1H3. The Hall–Kier alpha value is -1.22. The van der Waals surface area contributed by atoms with Crippen LogP contribution >= 0.6 is 0 Å². The van der Waals surface area contributed by atoms with E-state index in [0.29, 0.717) is 0 Å². The van der Waals surface area contributed by atoms with Crippen LogP contribution in [0.25, 0.3) is 0 Å². The highest BCUT2D eigenvalue weighted by Gasteiger charge is 2.13. The fraction of sp³-hybridized carbons (Fsp3) is 0.500. The highest BCUT2D eigenvalue weighted by atomic mass is 14.2. The topological polar surface area (TPSA) is 0 Å². The Morgan fingerprint density at radius 1 is 0.938 bits per heavy atom. The molecule has 0 heterocycles. The lowest BCUT2D eigenvalue weighted by Gasteiger charge is -2.14. The van der Waals surface area contributed by atoms with Gasteiger partial charge < -0.3 is 0 Å². The number of benzene rings is 1. The molecule has 84 valence electrons. The van der Waals surface area contributed by atoms with Crippen LogP contribution in [0.2, 0.25) is 0 Å². The molecule has 1 fully saturated rings. The van der Waals surface area contributed by atoms with E-state index in [0.717, 1.165) is 11.5 Å². The molecule has 1 saturated carbocycles. The summed E-state index contributed by atoms with van der Waals surface area (Å²) in [7, 11) is 0. The van der Waals surface area contributed by atoms with Crippen molar-refractivity contribution < 1.29 is 0 Å². The van der Waals surface area contributed by atoms with Crippen molar-refractivity contribution >= 4 is 0 Å². The number of rotatable bonds is 1. The maximum atomic E-state index is 3.10. The first kappa shape index (κ1) is 11.3. The molecule has 0 aromatic heterocycles. The molecule has 0 bridgehead atoms. The highest BCUT2D eigenvalue weighted by molar-refractivity contribution is 5.36. The van der Waals surface area contributed by atoms with Crippen molar-refractivity contribution in [2.45, 2.75) is 51.4 Å². The van der Waals surface area contributed by atoms with Gasteiger partial charge in [-0.15, -0.1) is 5.92 Å². The molecule has 0 saturated heterocycles. The summed E-state index contributed by atoms with van der Waals surface area (Å²) >= 11 is 0. The summed E-state index contributed by atoms with van der Waals surface area (Å²) in [5.74, 6) is 6.84. The van der Waals surface area contributed by atoms with E-state index in [2.05, 4.69) is 36.1 Å². The van der Waals surface area contributed by atoms with E-state index in [4.69, 9.17) is 0 Å². The summed E-state index contributed by atoms with van der Waals surface area (Å²) in [4.78, 5) is 0. The van der Waals surface area contributed by atoms with E-state index in [9.17, 15) is 0 Å². The smallest absolute Gasteiger partial charge is 0.0245 e. The SMILES string of the molecule is CC#Cc1ccc(C2CCCCCC2)cc1. The van der Waals surface area contributed by atoms with Crippen molar-refractivity contribution in [3.63, 3.8) is 0 Å². The van der Waals surface area contributed by atoms with E-state index < -0.39 is 0 Å². The molecule has 0 amide bonds. The predicted octanol–water partition coefficient (Wildman–Crippen LogP) is 4.50. The molecule has 1 aromatic rings. The fourth-order valence-electron chi connectivity index (χ4n) is 2.60. The van der Waals surface area contributed by atoms with Gasteiger partial charge in [-0.25, -0.2) is 0 Å². The fourth-order valence-corrected chi connectivity index (χ4v) is 2.60. The molecular weight excluding hydrogens is 192 g/mol. The largest absolute Gasteiger partial charge is 0.101 e. The molecule has 0 unspecified atom stereocenters. The Morgan fingerprint density at radius 2 is 1.56 bits per heavy atom. The van der Waals surface area contributed by atoms with Gasteiger partial charge in [-0.2, -0.15) is 0 Å². The van der Waals surface area contributed by atoms with Gasteiger partial charge in [-0.05, 0) is 43.4 Å². The van der Waals surface area contributed by atoms with Gasteiger partial charge in [-0.1, -0.05) is 43.7 Å². The number of hydrogen-bond donors (Lipinski definition) is 0. The molecule has 0 aliphatic heterocycles. The zero-order chi connectivity index (χ0) is 11.2. The lowest BCUT2D eigenvalue weighted by molar-refractivity contribution is 0.592. The molecule has 2 rings (SSSR count). The molecular formula is C16H20. The summed E-state index contributed by atoms with van der Waals surface area (Å²) in [5.41, 5.74) is 2.66. The van der Waals surface area contributed by atoms with Gasteiger partial charge in [0.25, 0.3) is 0 Å². The van der Waals surface area contributed by atoms with Crippen molar-refractivity contribution in [3.05, 3.63) is 35.4 Å². The van der Waals surface area contributed by atoms with Crippen LogP contribution in [0, 0.1) is 11.8 Å². The third kappa shape index (κ3) is 2.89. The molecule has 1 aliphatic carbocycles. The van der Waals surface area contributed by atoms with E-state index >= 15 is 0 Å². The molecule has 1 aromatic carbocycles. The van der Waals surface area contributed by atoms with Gasteiger partial charge in [0.15, 0.2) is 0 Å². The van der Waals surface area contributed by atoms with Crippen LogP contribution in [-0.2, 0) is 0 Å². The highest BCUT2D eigenvalue weighted by Crippen LogP contribution is 2.31. The Labute approximate surface area is 99.1 Å². The van der Waals surface area contributed by atoms with Gasteiger partial charge in [0.2, 0.25) is 0 Å². The average molecular weight is 212 g/mol. The molecule has 0 radical (unpaired) electrons. The van der Waals surface area contributed by atoms with Crippen molar-refractivity contribution in [2.75, 3.05) is 0 Å². The molecule has 0 heteroatoms. The second kappa shape index (κ2) is 5.75. The van der Waals surface area contributed by atoms with Crippen molar-refractivity contribution in [3.8, 4) is 11.8 Å². The van der Waals surface area contributed by atoms with Crippen LogP contribution in [0.5, 0.6) is 0 Å². The lowest BCUT2D eigenvalue weighted by atomic mass is 9.91. The third-order valence-electron chi connectivity index (χ3n) is 3.51. The van der Waals surface area contributed by atoms with Crippen molar-refractivity contribution in [2.24, 2.45) is 0 Å². The second-order valence-electron chi connectivity index (χ2n) is 4.69. The molecule has 0 nitrogen and oxygen atoms in total. The zero-order valence-corrected chi connectivity index (χ0v) is 10.1. The minimum atomic E-state index is 0.797. The van der Waals surface area contributed by atoms with E-state index in [-0.39, 0.29) is 0 Å². The lowest BCUT2D eigenvalue weighted by Crippen LogP contribution is -1.96. The average Bonchev–Trinajstić information content (AvgIpc) is 2.59. The van der Waals surface area contributed by atoms with Crippen LogP contribution in [0.3, 0.4) is 0 Å². The molecule has 0 spiro atoms. The van der Waals surface area contributed by atoms with Gasteiger partial charge >= 0.3 is 0 Å². The third-order valence-corrected chi connectivity index (χ3v) is 3.51. The van der Waals surface area contributed by atoms with Crippen LogP contribution in [-0.4, -0.2) is 0 Å². The van der Waals surface area contributed by atoms with Gasteiger partial charge in [-0.3, -0.25) is 0 Å². The minimum Gasteiger partial charge on any atom is -0.101 e. The van der Waals surface area contributed by atoms with Crippen LogP contribution in [0.15, 0.2) is 24.3 Å². The molecule has 16 heavy (non-hydrogen) atoms. The van der Waals surface area contributed by atoms with Crippen molar-refractivity contribution in [1.82, 2.24) is 0 Å². The summed E-state index contributed by atoms with van der Waals surface area (Å²) in [6.07, 6.45) is 8.41. The van der Waals surface area contributed by atoms with Crippen LogP contribution in [0.4, 0.5) is 0 Å². The predicted molar refractivity (Wildman–Crippen MR) is 69.4 cm³/mol. The van der Waals surface area contributed by atoms with E-state index in [1.165, 1.54) is 44.1 Å². The first-order chi connectivity index (χ1) is 7.90. The Kier molecular flexibility index (Phi) is 4.05. The zero-order valence-electron chi connectivity index (χ0n) is 10.1. The van der Waals surface area contributed by atoms with Gasteiger partial charge in [0, 0.05) is 5.56 Å². The van der Waals surface area contributed by atoms with Gasteiger partial charge in [0.05, 0.1) is 0 Å². The normalized spacial score (nSPS) is 17.3. The quantitative estimate of drug-likeness (QED) is 0.475. The van der Waals surface area contributed by atoms with E-state index in [1.54, 1.807) is 0 Å². The van der Waals surface area contributed by atoms with Crippen LogP contribution in [0.1, 0.15) is 62.5 Å². The molecule has 1 aliphatic rings. The second-order valence-corrected chi connectivity index (χ2v) is 4.69.